The molecule has 2 nitrogen and oxygen atoms in total. The lowest BCUT2D eigenvalue weighted by molar-refractivity contribution is 0.605. The van der Waals surface area contributed by atoms with Gasteiger partial charge in [-0.3, -0.25) is 0 Å². The number of nitriles is 1. The summed E-state index contributed by atoms with van der Waals surface area (Å²) in [4.78, 5) is 2.09. The highest BCUT2D eigenvalue weighted by Crippen LogP contribution is 2.18. The Hall–Kier alpha value is -2.34. The average molecular weight is 254 g/mol. The third kappa shape index (κ3) is 3.11. The summed E-state index contributed by atoms with van der Waals surface area (Å²) in [7, 11) is 0. The molecular weight excluding hydrogens is 239 g/mol. The van der Waals surface area contributed by atoms with Gasteiger partial charge in [0.25, 0.3) is 0 Å². The predicted octanol–water partition coefficient (Wildman–Crippen LogP) is 3.72. The van der Waals surface area contributed by atoms with Crippen molar-refractivity contribution >= 4 is 5.69 Å². The van der Waals surface area contributed by atoms with E-state index in [0.717, 1.165) is 12.2 Å². The molecule has 19 heavy (non-hydrogen) atoms. The fourth-order valence-electron chi connectivity index (χ4n) is 1.98. The number of para-hydroxylation sites is 1. The molecule has 2 aromatic carbocycles. The van der Waals surface area contributed by atoms with Crippen LogP contribution in [0.25, 0.3) is 0 Å². The van der Waals surface area contributed by atoms with Crippen LogP contribution in [0, 0.1) is 17.1 Å². The smallest absolute Gasteiger partial charge is 0.129 e. The summed E-state index contributed by atoms with van der Waals surface area (Å²) >= 11 is 0. The molecule has 0 spiro atoms. The molecule has 0 bridgehead atoms. The summed E-state index contributed by atoms with van der Waals surface area (Å²) in [6, 6.07) is 16.5. The Morgan fingerprint density at radius 1 is 1.16 bits per heavy atom. The Bertz CT molecular complexity index is 587. The third-order valence-electron chi connectivity index (χ3n) is 3.05. The van der Waals surface area contributed by atoms with E-state index >= 15 is 0 Å². The molecule has 3 heteroatoms. The van der Waals surface area contributed by atoms with E-state index in [1.165, 1.54) is 6.07 Å². The molecule has 2 rings (SSSR count). The van der Waals surface area contributed by atoms with E-state index in [2.05, 4.69) is 4.90 Å². The van der Waals surface area contributed by atoms with E-state index in [4.69, 9.17) is 5.26 Å². The number of benzene rings is 2. The summed E-state index contributed by atoms with van der Waals surface area (Å²) in [6.07, 6.45) is 0. The van der Waals surface area contributed by atoms with E-state index in [0.29, 0.717) is 17.7 Å². The Morgan fingerprint density at radius 2 is 1.89 bits per heavy atom. The number of hydrogen-bond acceptors (Lipinski definition) is 2. The largest absolute Gasteiger partial charge is 0.367 e. The van der Waals surface area contributed by atoms with Crippen molar-refractivity contribution in [2.45, 2.75) is 13.5 Å². The van der Waals surface area contributed by atoms with E-state index in [1.807, 2.05) is 43.3 Å². The summed E-state index contributed by atoms with van der Waals surface area (Å²) in [5, 5.41) is 8.73. The molecule has 0 fully saturated rings. The zero-order chi connectivity index (χ0) is 13.7. The van der Waals surface area contributed by atoms with Gasteiger partial charge in [-0.25, -0.2) is 4.39 Å². The highest BCUT2D eigenvalue weighted by atomic mass is 19.1. The molecule has 0 aromatic heterocycles. The van der Waals surface area contributed by atoms with Crippen LogP contribution in [0.4, 0.5) is 10.1 Å². The van der Waals surface area contributed by atoms with Crippen molar-refractivity contribution in [3.8, 4) is 6.07 Å². The zero-order valence-corrected chi connectivity index (χ0v) is 10.8. The van der Waals surface area contributed by atoms with Crippen LogP contribution in [-0.2, 0) is 6.54 Å². The summed E-state index contributed by atoms with van der Waals surface area (Å²) in [6.45, 7) is 3.33. The van der Waals surface area contributed by atoms with Gasteiger partial charge >= 0.3 is 0 Å². The van der Waals surface area contributed by atoms with Crippen LogP contribution >= 0.6 is 0 Å². The Morgan fingerprint density at radius 3 is 2.47 bits per heavy atom. The fraction of sp³-hybridized carbons (Fsp3) is 0.188. The quantitative estimate of drug-likeness (QED) is 0.831. The van der Waals surface area contributed by atoms with Crippen LogP contribution in [-0.4, -0.2) is 6.54 Å². The number of nitrogens with zero attached hydrogens (tertiary/aromatic N) is 2. The van der Waals surface area contributed by atoms with Crippen molar-refractivity contribution < 1.29 is 4.39 Å². The number of anilines is 1. The second-order valence-electron chi connectivity index (χ2n) is 4.27. The van der Waals surface area contributed by atoms with Crippen molar-refractivity contribution in [3.05, 3.63) is 65.5 Å². The van der Waals surface area contributed by atoms with Crippen LogP contribution in [0.1, 0.15) is 18.1 Å². The van der Waals surface area contributed by atoms with Crippen LogP contribution in [0.3, 0.4) is 0 Å². The van der Waals surface area contributed by atoms with Gasteiger partial charge in [-0.05, 0) is 31.2 Å². The molecule has 2 aromatic rings. The van der Waals surface area contributed by atoms with E-state index in [1.54, 1.807) is 12.1 Å². The summed E-state index contributed by atoms with van der Waals surface area (Å²) in [5.74, 6) is -0.326. The molecule has 0 N–H and O–H groups in total. The summed E-state index contributed by atoms with van der Waals surface area (Å²) in [5.41, 5.74) is 2.02. The van der Waals surface area contributed by atoms with Crippen LogP contribution in [0.15, 0.2) is 48.5 Å². The standard InChI is InChI=1S/C16H15FN2/c1-2-19(15-6-4-3-5-7-15)12-14-9-8-13(11-18)10-16(14)17/h3-10H,2,12H2,1H3. The van der Waals surface area contributed by atoms with Gasteiger partial charge < -0.3 is 4.90 Å². The normalized spacial score (nSPS) is 9.95. The highest BCUT2D eigenvalue weighted by Gasteiger charge is 2.09. The van der Waals surface area contributed by atoms with E-state index in [-0.39, 0.29) is 5.82 Å². The SMILES string of the molecule is CCN(Cc1ccc(C#N)cc1F)c1ccccc1. The molecule has 0 saturated carbocycles. The first kappa shape index (κ1) is 13.1. The first-order valence-electron chi connectivity index (χ1n) is 6.23. The molecular formula is C16H15FN2. The molecule has 0 heterocycles. The van der Waals surface area contributed by atoms with Gasteiger partial charge in [0.15, 0.2) is 0 Å². The molecule has 0 aliphatic carbocycles. The minimum atomic E-state index is -0.326. The van der Waals surface area contributed by atoms with E-state index < -0.39 is 0 Å². The van der Waals surface area contributed by atoms with Crippen LogP contribution in [0.5, 0.6) is 0 Å². The first-order chi connectivity index (χ1) is 9.24. The topological polar surface area (TPSA) is 27.0 Å². The lowest BCUT2D eigenvalue weighted by atomic mass is 10.1. The molecule has 0 unspecified atom stereocenters. The first-order valence-corrected chi connectivity index (χ1v) is 6.23. The third-order valence-corrected chi connectivity index (χ3v) is 3.05. The minimum absolute atomic E-state index is 0.326. The number of halogens is 1. The van der Waals surface area contributed by atoms with Crippen molar-refractivity contribution in [2.75, 3.05) is 11.4 Å². The molecule has 0 aliphatic heterocycles. The molecule has 0 aliphatic rings. The highest BCUT2D eigenvalue weighted by molar-refractivity contribution is 5.47. The monoisotopic (exact) mass is 254 g/mol. The number of hydrogen-bond donors (Lipinski definition) is 0. The van der Waals surface area contributed by atoms with E-state index in [9.17, 15) is 4.39 Å². The maximum absolute atomic E-state index is 13.9. The van der Waals surface area contributed by atoms with Gasteiger partial charge in [-0.15, -0.1) is 0 Å². The van der Waals surface area contributed by atoms with Crippen LogP contribution in [0.2, 0.25) is 0 Å². The molecule has 0 saturated heterocycles. The van der Waals surface area contributed by atoms with Gasteiger partial charge in [0, 0.05) is 24.3 Å². The average Bonchev–Trinajstić information content (AvgIpc) is 2.47. The zero-order valence-electron chi connectivity index (χ0n) is 10.8. The van der Waals surface area contributed by atoms with Gasteiger partial charge in [0.1, 0.15) is 5.82 Å². The van der Waals surface area contributed by atoms with Gasteiger partial charge in [0.2, 0.25) is 0 Å². The Kier molecular flexibility index (Phi) is 4.15. The summed E-state index contributed by atoms with van der Waals surface area (Å²) < 4.78 is 13.9. The second kappa shape index (κ2) is 6.01. The minimum Gasteiger partial charge on any atom is -0.367 e. The van der Waals surface area contributed by atoms with Gasteiger partial charge in [-0.1, -0.05) is 24.3 Å². The second-order valence-corrected chi connectivity index (χ2v) is 4.27. The lowest BCUT2D eigenvalue weighted by Gasteiger charge is -2.23. The van der Waals surface area contributed by atoms with Crippen molar-refractivity contribution in [1.29, 1.82) is 5.26 Å². The Labute approximate surface area is 112 Å². The van der Waals surface area contributed by atoms with Crippen LogP contribution < -0.4 is 4.90 Å². The lowest BCUT2D eigenvalue weighted by Crippen LogP contribution is -2.22. The van der Waals surface area contributed by atoms with Gasteiger partial charge in [0.05, 0.1) is 11.6 Å². The maximum Gasteiger partial charge on any atom is 0.129 e. The van der Waals surface area contributed by atoms with Crippen molar-refractivity contribution in [1.82, 2.24) is 0 Å². The molecule has 0 amide bonds. The predicted molar refractivity (Wildman–Crippen MR) is 74.3 cm³/mol. The van der Waals surface area contributed by atoms with Crippen molar-refractivity contribution in [2.24, 2.45) is 0 Å². The molecule has 0 radical (unpaired) electrons. The fourth-order valence-corrected chi connectivity index (χ4v) is 1.98. The molecule has 0 atom stereocenters. The maximum atomic E-state index is 13.9. The molecule has 96 valence electrons. The van der Waals surface area contributed by atoms with Gasteiger partial charge in [-0.2, -0.15) is 5.26 Å². The number of rotatable bonds is 4. The Balaban J connectivity index is 2.22. The van der Waals surface area contributed by atoms with Crippen molar-refractivity contribution in [3.63, 3.8) is 0 Å².